The van der Waals surface area contributed by atoms with Gasteiger partial charge in [-0.3, -0.25) is 19.9 Å². The van der Waals surface area contributed by atoms with Crippen LogP contribution in [0.25, 0.3) is 0 Å². The number of nitrogens with two attached hydrogens (primary N) is 1. The molecule has 1 aromatic heterocycles. The van der Waals surface area contributed by atoms with Crippen LogP contribution in [0.1, 0.15) is 24.1 Å². The highest BCUT2D eigenvalue weighted by molar-refractivity contribution is 5.94. The van der Waals surface area contributed by atoms with Gasteiger partial charge in [-0.2, -0.15) is 0 Å². The van der Waals surface area contributed by atoms with E-state index < -0.39 is 11.4 Å². The molecule has 1 heterocycles. The van der Waals surface area contributed by atoms with Crippen molar-refractivity contribution in [3.8, 4) is 0 Å². The second kappa shape index (κ2) is 4.02. The fraction of sp³-hybridized carbons (Fsp3) is 0.364. The van der Waals surface area contributed by atoms with Crippen molar-refractivity contribution in [2.45, 2.75) is 24.8 Å². The predicted molar refractivity (Wildman–Crippen MR) is 57.2 cm³/mol. The summed E-state index contributed by atoms with van der Waals surface area (Å²) >= 11 is 0. The third kappa shape index (κ3) is 1.59. The van der Waals surface area contributed by atoms with E-state index in [1.807, 2.05) is 0 Å². The molecule has 1 atom stereocenters. The highest BCUT2D eigenvalue weighted by atomic mass is 16.2. The number of carbonyl (C=O) groups is 2. The highest BCUT2D eigenvalue weighted by Crippen LogP contribution is 2.32. The number of fused-ring (bicyclic) bond motifs is 1. The number of nitrogens with zero attached hydrogens (tertiary/aromatic N) is 1. The van der Waals surface area contributed by atoms with Gasteiger partial charge in [0.25, 0.3) is 5.91 Å². The fourth-order valence-corrected chi connectivity index (χ4v) is 2.13. The summed E-state index contributed by atoms with van der Waals surface area (Å²) in [7, 11) is 0. The van der Waals surface area contributed by atoms with Gasteiger partial charge in [-0.1, -0.05) is 6.07 Å². The van der Waals surface area contributed by atoms with Gasteiger partial charge in [0.05, 0.1) is 0 Å². The Bertz CT molecular complexity index is 433. The number of hydrogen-bond acceptors (Lipinski definition) is 4. The minimum Gasteiger partial charge on any atom is -0.314 e. The van der Waals surface area contributed by atoms with Crippen molar-refractivity contribution in [2.75, 3.05) is 0 Å². The van der Waals surface area contributed by atoms with Gasteiger partial charge < -0.3 is 5.73 Å². The Hall–Kier alpha value is -1.75. The molecule has 84 valence electrons. The van der Waals surface area contributed by atoms with Gasteiger partial charge in [-0.05, 0) is 25.3 Å². The Morgan fingerprint density at radius 1 is 1.62 bits per heavy atom. The quantitative estimate of drug-likeness (QED) is 0.677. The number of carbonyl (C=O) groups excluding carboxylic acids is 2. The van der Waals surface area contributed by atoms with E-state index in [9.17, 15) is 9.59 Å². The first-order chi connectivity index (χ1) is 7.68. The molecule has 1 aliphatic rings. The minimum atomic E-state index is -1.12. The van der Waals surface area contributed by atoms with E-state index in [0.717, 1.165) is 24.1 Å². The monoisotopic (exact) mass is 219 g/mol. The lowest BCUT2D eigenvalue weighted by molar-refractivity contribution is -0.130. The van der Waals surface area contributed by atoms with Crippen LogP contribution in [0.15, 0.2) is 18.3 Å². The molecule has 0 bridgehead atoms. The lowest BCUT2D eigenvalue weighted by atomic mass is 9.79. The van der Waals surface area contributed by atoms with Gasteiger partial charge in [-0.25, -0.2) is 0 Å². The Balaban J connectivity index is 2.43. The smallest absolute Gasteiger partial charge is 0.251 e. The zero-order valence-electron chi connectivity index (χ0n) is 8.77. The van der Waals surface area contributed by atoms with Crippen molar-refractivity contribution in [3.05, 3.63) is 29.6 Å². The molecule has 1 unspecified atom stereocenters. The number of nitrogens with one attached hydrogen (secondary N) is 1. The van der Waals surface area contributed by atoms with Crippen molar-refractivity contribution in [1.82, 2.24) is 10.3 Å². The van der Waals surface area contributed by atoms with Crippen molar-refractivity contribution in [1.29, 1.82) is 0 Å². The molecule has 0 radical (unpaired) electrons. The maximum atomic E-state index is 11.8. The van der Waals surface area contributed by atoms with Gasteiger partial charge in [0.15, 0.2) is 0 Å². The molecular formula is C11H13N3O2. The number of aromatic nitrogens is 1. The maximum Gasteiger partial charge on any atom is 0.251 e. The summed E-state index contributed by atoms with van der Waals surface area (Å²) in [6, 6.07) is 3.55. The fourth-order valence-electron chi connectivity index (χ4n) is 2.13. The molecule has 1 aliphatic carbocycles. The van der Waals surface area contributed by atoms with Crippen LogP contribution < -0.4 is 11.1 Å². The lowest BCUT2D eigenvalue weighted by Gasteiger charge is -2.32. The molecule has 1 aromatic rings. The van der Waals surface area contributed by atoms with E-state index >= 15 is 0 Å². The van der Waals surface area contributed by atoms with Crippen LogP contribution in [-0.2, 0) is 21.5 Å². The largest absolute Gasteiger partial charge is 0.314 e. The van der Waals surface area contributed by atoms with Gasteiger partial charge in [0.1, 0.15) is 5.54 Å². The summed E-state index contributed by atoms with van der Waals surface area (Å²) in [5.41, 5.74) is 6.53. The summed E-state index contributed by atoms with van der Waals surface area (Å²) in [6.45, 7) is 0. The number of hydrogen-bond donors (Lipinski definition) is 2. The lowest BCUT2D eigenvalue weighted by Crippen LogP contribution is -2.52. The second-order valence-electron chi connectivity index (χ2n) is 3.91. The topological polar surface area (TPSA) is 85.1 Å². The average molecular weight is 219 g/mol. The number of imide groups is 1. The molecular weight excluding hydrogens is 206 g/mol. The summed E-state index contributed by atoms with van der Waals surface area (Å²) in [5.74, 6) is -0.462. The number of pyridine rings is 1. The predicted octanol–water partition coefficient (Wildman–Crippen LogP) is -0.155. The molecule has 2 amide bonds. The summed E-state index contributed by atoms with van der Waals surface area (Å²) in [5, 5.41) is 2.12. The van der Waals surface area contributed by atoms with Crippen LogP contribution in [0.4, 0.5) is 0 Å². The van der Waals surface area contributed by atoms with Crippen LogP contribution in [0.5, 0.6) is 0 Å². The van der Waals surface area contributed by atoms with E-state index in [4.69, 9.17) is 5.73 Å². The van der Waals surface area contributed by atoms with Gasteiger partial charge in [-0.15, -0.1) is 0 Å². The molecule has 0 aromatic carbocycles. The zero-order chi connectivity index (χ0) is 11.6. The van der Waals surface area contributed by atoms with Crippen molar-refractivity contribution in [2.24, 2.45) is 5.73 Å². The van der Waals surface area contributed by atoms with E-state index in [2.05, 4.69) is 10.3 Å². The highest BCUT2D eigenvalue weighted by Gasteiger charge is 2.39. The van der Waals surface area contributed by atoms with E-state index in [0.29, 0.717) is 12.8 Å². The van der Waals surface area contributed by atoms with Crippen molar-refractivity contribution < 1.29 is 9.59 Å². The molecule has 3 N–H and O–H groups in total. The first-order valence-corrected chi connectivity index (χ1v) is 5.16. The van der Waals surface area contributed by atoms with Crippen LogP contribution >= 0.6 is 0 Å². The van der Waals surface area contributed by atoms with E-state index in [1.165, 1.54) is 0 Å². The normalized spacial score (nSPS) is 23.3. The Morgan fingerprint density at radius 3 is 3.19 bits per heavy atom. The first-order valence-electron chi connectivity index (χ1n) is 5.16. The molecule has 0 aliphatic heterocycles. The molecule has 16 heavy (non-hydrogen) atoms. The Kier molecular flexibility index (Phi) is 2.70. The molecule has 0 saturated heterocycles. The average Bonchev–Trinajstić information content (AvgIpc) is 2.30. The molecule has 5 heteroatoms. The van der Waals surface area contributed by atoms with Gasteiger partial charge in [0.2, 0.25) is 6.41 Å². The van der Waals surface area contributed by atoms with Crippen LogP contribution in [0.2, 0.25) is 0 Å². The number of rotatable bonds is 2. The summed E-state index contributed by atoms with van der Waals surface area (Å²) in [4.78, 5) is 26.3. The van der Waals surface area contributed by atoms with Gasteiger partial charge in [0, 0.05) is 17.5 Å². The van der Waals surface area contributed by atoms with Gasteiger partial charge >= 0.3 is 0 Å². The molecule has 0 saturated carbocycles. The molecule has 0 spiro atoms. The summed E-state index contributed by atoms with van der Waals surface area (Å²) in [6.07, 6.45) is 4.20. The standard InChI is InChI=1S/C11H13N3O2/c12-11(10(16)14-7-15)5-1-4-9-8(11)3-2-6-13-9/h2-3,6-7H,1,4-5,12H2,(H,14,15,16). The number of amides is 2. The molecule has 2 rings (SSSR count). The maximum absolute atomic E-state index is 11.8. The second-order valence-corrected chi connectivity index (χ2v) is 3.91. The van der Waals surface area contributed by atoms with Crippen LogP contribution in [0, 0.1) is 0 Å². The van der Waals surface area contributed by atoms with Crippen LogP contribution in [0.3, 0.4) is 0 Å². The van der Waals surface area contributed by atoms with E-state index in [1.54, 1.807) is 18.3 Å². The van der Waals surface area contributed by atoms with Crippen LogP contribution in [-0.4, -0.2) is 17.3 Å². The van der Waals surface area contributed by atoms with E-state index in [-0.39, 0.29) is 0 Å². The third-order valence-electron chi connectivity index (χ3n) is 2.95. The molecule has 5 nitrogen and oxygen atoms in total. The Morgan fingerprint density at radius 2 is 2.44 bits per heavy atom. The summed E-state index contributed by atoms with van der Waals surface area (Å²) < 4.78 is 0. The van der Waals surface area contributed by atoms with Crippen molar-refractivity contribution >= 4 is 12.3 Å². The zero-order valence-corrected chi connectivity index (χ0v) is 8.77. The molecule has 0 fully saturated rings. The first kappa shape index (κ1) is 10.8. The number of aryl methyl sites for hydroxylation is 1. The minimum absolute atomic E-state index is 0.363. The van der Waals surface area contributed by atoms with Crippen molar-refractivity contribution in [3.63, 3.8) is 0 Å². The SMILES string of the molecule is NC1(C(=O)NC=O)CCCc2ncccc21. The Labute approximate surface area is 93.0 Å². The third-order valence-corrected chi connectivity index (χ3v) is 2.95.